The number of hydrogen-bond donors (Lipinski definition) is 0. The molecule has 4 bridgehead atoms. The predicted octanol–water partition coefficient (Wildman–Crippen LogP) is 4.14. The standard InChI is InChI=1S/C21H28O5S/c1-12(2)17-8-19(27(23,24)25)13(3)4-18(17)26-20(22)21-9-14-5-15(10-21)7-16(6-14)11-21/h4,8,12,14-16H,5-7,9-11H2,1-3H3,(H,23,24,25)/p-1. The van der Waals surface area contributed by atoms with Gasteiger partial charge in [0.25, 0.3) is 0 Å². The molecule has 0 atom stereocenters. The van der Waals surface area contributed by atoms with Gasteiger partial charge < -0.3 is 9.29 Å². The first kappa shape index (κ1) is 18.9. The first-order valence-corrected chi connectivity index (χ1v) is 11.3. The quantitative estimate of drug-likeness (QED) is 0.437. The summed E-state index contributed by atoms with van der Waals surface area (Å²) in [4.78, 5) is 13.0. The number of hydrogen-bond acceptors (Lipinski definition) is 5. The van der Waals surface area contributed by atoms with Gasteiger partial charge in [0.2, 0.25) is 0 Å². The van der Waals surface area contributed by atoms with Crippen molar-refractivity contribution in [3.05, 3.63) is 23.3 Å². The van der Waals surface area contributed by atoms with Crippen LogP contribution in [0.25, 0.3) is 0 Å². The SMILES string of the molecule is Cc1cc(OC(=O)C23CC4CC(CC(C4)C2)C3)c(C(C)C)cc1S(=O)(=O)[O-]. The zero-order valence-electron chi connectivity index (χ0n) is 16.2. The second-order valence-electron chi connectivity index (χ2n) is 9.35. The lowest BCUT2D eigenvalue weighted by molar-refractivity contribution is -0.161. The zero-order valence-corrected chi connectivity index (χ0v) is 17.0. The van der Waals surface area contributed by atoms with Gasteiger partial charge in [-0.3, -0.25) is 4.79 Å². The summed E-state index contributed by atoms with van der Waals surface area (Å²) in [6.45, 7) is 5.36. The summed E-state index contributed by atoms with van der Waals surface area (Å²) in [5, 5.41) is 0. The predicted molar refractivity (Wildman–Crippen MR) is 99.5 cm³/mol. The molecule has 148 valence electrons. The number of ether oxygens (including phenoxy) is 1. The van der Waals surface area contributed by atoms with E-state index in [4.69, 9.17) is 4.74 Å². The third-order valence-corrected chi connectivity index (χ3v) is 7.85. The fourth-order valence-electron chi connectivity index (χ4n) is 6.05. The van der Waals surface area contributed by atoms with Gasteiger partial charge in [0.1, 0.15) is 15.9 Å². The van der Waals surface area contributed by atoms with Gasteiger partial charge in [0.15, 0.2) is 0 Å². The second-order valence-corrected chi connectivity index (χ2v) is 10.7. The van der Waals surface area contributed by atoms with Gasteiger partial charge >= 0.3 is 5.97 Å². The maximum absolute atomic E-state index is 13.2. The summed E-state index contributed by atoms with van der Waals surface area (Å²) in [6, 6.07) is 2.92. The first-order valence-electron chi connectivity index (χ1n) is 9.90. The Labute approximate surface area is 161 Å². The van der Waals surface area contributed by atoms with E-state index in [1.54, 1.807) is 13.0 Å². The highest BCUT2D eigenvalue weighted by Gasteiger charge is 2.55. The summed E-state index contributed by atoms with van der Waals surface area (Å²) in [5.74, 6) is 2.09. The van der Waals surface area contributed by atoms with Gasteiger partial charge in [0.05, 0.1) is 10.3 Å². The van der Waals surface area contributed by atoms with E-state index in [1.807, 2.05) is 13.8 Å². The molecule has 5 rings (SSSR count). The number of carbonyl (C=O) groups excluding carboxylic acids is 1. The molecule has 27 heavy (non-hydrogen) atoms. The summed E-state index contributed by atoms with van der Waals surface area (Å²) in [6.07, 6.45) is 6.50. The van der Waals surface area contributed by atoms with Gasteiger partial charge in [-0.15, -0.1) is 0 Å². The summed E-state index contributed by atoms with van der Waals surface area (Å²) in [7, 11) is -4.56. The maximum Gasteiger partial charge on any atom is 0.317 e. The highest BCUT2D eigenvalue weighted by molar-refractivity contribution is 7.85. The molecular formula is C21H27O5S-. The lowest BCUT2D eigenvalue weighted by Crippen LogP contribution is -2.51. The van der Waals surface area contributed by atoms with Crippen molar-refractivity contribution in [3.63, 3.8) is 0 Å². The second kappa shape index (κ2) is 6.31. The average Bonchev–Trinajstić information content (AvgIpc) is 2.52. The minimum absolute atomic E-state index is 0.0646. The Balaban J connectivity index is 1.66. The molecule has 0 aromatic heterocycles. The van der Waals surface area contributed by atoms with E-state index in [2.05, 4.69) is 0 Å². The van der Waals surface area contributed by atoms with Crippen molar-refractivity contribution in [2.75, 3.05) is 0 Å². The molecule has 0 spiro atoms. The molecule has 5 nitrogen and oxygen atoms in total. The monoisotopic (exact) mass is 391 g/mol. The van der Waals surface area contributed by atoms with Crippen LogP contribution >= 0.6 is 0 Å². The molecule has 0 aliphatic heterocycles. The fraction of sp³-hybridized carbons (Fsp3) is 0.667. The normalized spacial score (nSPS) is 32.1. The summed E-state index contributed by atoms with van der Waals surface area (Å²) < 4.78 is 40.5. The van der Waals surface area contributed by atoms with Gasteiger partial charge in [-0.25, -0.2) is 8.42 Å². The molecule has 4 fully saturated rings. The Morgan fingerprint density at radius 3 is 2.07 bits per heavy atom. The molecular weight excluding hydrogens is 364 g/mol. The van der Waals surface area contributed by atoms with Crippen molar-refractivity contribution in [3.8, 4) is 5.75 Å². The molecule has 0 unspecified atom stereocenters. The molecule has 0 heterocycles. The van der Waals surface area contributed by atoms with Crippen LogP contribution in [0, 0.1) is 30.1 Å². The fourth-order valence-corrected chi connectivity index (χ4v) is 6.78. The minimum Gasteiger partial charge on any atom is -0.744 e. The van der Waals surface area contributed by atoms with Crippen molar-refractivity contribution in [1.29, 1.82) is 0 Å². The minimum atomic E-state index is -4.56. The van der Waals surface area contributed by atoms with Gasteiger partial charge in [-0.2, -0.15) is 0 Å². The molecule has 1 aromatic carbocycles. The van der Waals surface area contributed by atoms with E-state index in [9.17, 15) is 17.8 Å². The van der Waals surface area contributed by atoms with Crippen LogP contribution < -0.4 is 4.74 Å². The molecule has 6 heteroatoms. The summed E-state index contributed by atoms with van der Waals surface area (Å²) >= 11 is 0. The Hall–Kier alpha value is -1.40. The van der Waals surface area contributed by atoms with Crippen molar-refractivity contribution in [1.82, 2.24) is 0 Å². The van der Waals surface area contributed by atoms with E-state index in [0.717, 1.165) is 19.3 Å². The Morgan fingerprint density at radius 2 is 1.63 bits per heavy atom. The van der Waals surface area contributed by atoms with Crippen molar-refractivity contribution < 1.29 is 22.5 Å². The number of aryl methyl sites for hydroxylation is 1. The third-order valence-electron chi connectivity index (χ3n) is 6.87. The van der Waals surface area contributed by atoms with E-state index < -0.39 is 10.1 Å². The van der Waals surface area contributed by atoms with Gasteiger partial charge in [-0.05, 0) is 92.4 Å². The van der Waals surface area contributed by atoms with Gasteiger partial charge in [0, 0.05) is 0 Å². The molecule has 0 radical (unpaired) electrons. The van der Waals surface area contributed by atoms with Crippen LogP contribution in [0.4, 0.5) is 0 Å². The zero-order chi connectivity index (χ0) is 19.6. The van der Waals surface area contributed by atoms with Crippen LogP contribution in [0.1, 0.15) is 69.4 Å². The maximum atomic E-state index is 13.2. The number of benzene rings is 1. The van der Waals surface area contributed by atoms with Crippen molar-refractivity contribution in [2.24, 2.45) is 23.2 Å². The van der Waals surface area contributed by atoms with Crippen LogP contribution in [0.5, 0.6) is 5.75 Å². The lowest BCUT2D eigenvalue weighted by atomic mass is 9.49. The van der Waals surface area contributed by atoms with Crippen molar-refractivity contribution in [2.45, 2.75) is 70.1 Å². The van der Waals surface area contributed by atoms with Crippen LogP contribution in [-0.4, -0.2) is 18.9 Å². The van der Waals surface area contributed by atoms with E-state index in [-0.39, 0.29) is 22.2 Å². The average molecular weight is 392 g/mol. The molecule has 0 amide bonds. The van der Waals surface area contributed by atoms with Crippen LogP contribution in [-0.2, 0) is 14.9 Å². The summed E-state index contributed by atoms with van der Waals surface area (Å²) in [5.41, 5.74) is 0.538. The highest BCUT2D eigenvalue weighted by Crippen LogP contribution is 2.60. The van der Waals surface area contributed by atoms with Crippen LogP contribution in [0.15, 0.2) is 17.0 Å². The molecule has 4 aliphatic carbocycles. The highest BCUT2D eigenvalue weighted by atomic mass is 32.2. The topological polar surface area (TPSA) is 83.5 Å². The number of rotatable bonds is 4. The molecule has 0 N–H and O–H groups in total. The molecule has 0 saturated heterocycles. The largest absolute Gasteiger partial charge is 0.744 e. The van der Waals surface area contributed by atoms with E-state index in [0.29, 0.717) is 34.6 Å². The number of carbonyl (C=O) groups is 1. The molecule has 1 aromatic rings. The van der Waals surface area contributed by atoms with Crippen LogP contribution in [0.2, 0.25) is 0 Å². The Morgan fingerprint density at radius 1 is 1.11 bits per heavy atom. The van der Waals surface area contributed by atoms with E-state index >= 15 is 0 Å². The lowest BCUT2D eigenvalue weighted by Gasteiger charge is -2.55. The molecule has 4 saturated carbocycles. The number of esters is 1. The first-order chi connectivity index (χ1) is 12.6. The van der Waals surface area contributed by atoms with E-state index in [1.165, 1.54) is 25.3 Å². The van der Waals surface area contributed by atoms with Gasteiger partial charge in [-0.1, -0.05) is 13.8 Å². The van der Waals surface area contributed by atoms with Crippen molar-refractivity contribution >= 4 is 16.1 Å². The Bertz CT molecular complexity index is 849. The Kier molecular flexibility index (Phi) is 4.43. The smallest absolute Gasteiger partial charge is 0.317 e. The third kappa shape index (κ3) is 3.31. The van der Waals surface area contributed by atoms with Crippen LogP contribution in [0.3, 0.4) is 0 Å². The molecule has 4 aliphatic rings.